The van der Waals surface area contributed by atoms with Crippen molar-refractivity contribution in [3.63, 3.8) is 0 Å². The summed E-state index contributed by atoms with van der Waals surface area (Å²) in [4.78, 5) is 1.02. The normalized spacial score (nSPS) is 11.2. The Bertz CT molecular complexity index is 1050. The van der Waals surface area contributed by atoms with Gasteiger partial charge in [-0.3, -0.25) is 0 Å². The highest BCUT2D eigenvalue weighted by atomic mass is 32.1. The third-order valence-corrected chi connectivity index (χ3v) is 4.99. The van der Waals surface area contributed by atoms with Crippen molar-refractivity contribution in [3.05, 3.63) is 71.8 Å². The van der Waals surface area contributed by atoms with Crippen LogP contribution in [0.1, 0.15) is 0 Å². The van der Waals surface area contributed by atoms with Gasteiger partial charge in [0.1, 0.15) is 5.82 Å². The number of hydrogen-bond acceptors (Lipinski definition) is 3. The molecule has 0 fully saturated rings. The summed E-state index contributed by atoms with van der Waals surface area (Å²) in [5, 5.41) is 9.42. The smallest absolute Gasteiger partial charge is 0.123 e. The number of rotatable bonds is 1. The number of fused-ring (bicyclic) bond motifs is 2. The van der Waals surface area contributed by atoms with Gasteiger partial charge in [0.2, 0.25) is 0 Å². The van der Waals surface area contributed by atoms with Gasteiger partial charge in [0, 0.05) is 26.2 Å². The van der Waals surface area contributed by atoms with Crippen LogP contribution in [-0.4, -0.2) is 0 Å². The van der Waals surface area contributed by atoms with E-state index in [0.29, 0.717) is 11.0 Å². The standard InChI is InChI=1S/C19H13FN2S/c20-12-3-1-11(2-4-12)19-15-7-5-13(21)9-17(15)23-18-10-14(22)6-8-16(18)19/h1-10,21H,22H2. The molecule has 2 nitrogen and oxygen atoms in total. The minimum atomic E-state index is -0.251. The van der Waals surface area contributed by atoms with Gasteiger partial charge >= 0.3 is 0 Å². The van der Waals surface area contributed by atoms with E-state index in [1.165, 1.54) is 12.1 Å². The van der Waals surface area contributed by atoms with Crippen LogP contribution in [0.2, 0.25) is 0 Å². The quantitative estimate of drug-likeness (QED) is 0.381. The van der Waals surface area contributed by atoms with E-state index in [9.17, 15) is 4.39 Å². The molecule has 0 saturated heterocycles. The molecule has 0 radical (unpaired) electrons. The number of anilines is 1. The van der Waals surface area contributed by atoms with Crippen LogP contribution in [0.5, 0.6) is 0 Å². The SMILES string of the molecule is N=c1ccc2c(-c3ccc(F)cc3)c3ccc(N)cc3sc-2c1. The lowest BCUT2D eigenvalue weighted by atomic mass is 9.95. The van der Waals surface area contributed by atoms with Crippen LogP contribution in [0, 0.1) is 11.2 Å². The minimum Gasteiger partial charge on any atom is -0.399 e. The molecular formula is C19H13FN2S. The predicted octanol–water partition coefficient (Wildman–Crippen LogP) is 4.87. The zero-order chi connectivity index (χ0) is 16.0. The average molecular weight is 320 g/mol. The van der Waals surface area contributed by atoms with Crippen LogP contribution >= 0.6 is 11.3 Å². The van der Waals surface area contributed by atoms with Crippen LogP contribution in [0.25, 0.3) is 31.7 Å². The van der Waals surface area contributed by atoms with Gasteiger partial charge in [0.25, 0.3) is 0 Å². The number of nitrogens with one attached hydrogen (secondary N) is 1. The molecule has 112 valence electrons. The highest BCUT2D eigenvalue weighted by molar-refractivity contribution is 7.21. The summed E-state index contributed by atoms with van der Waals surface area (Å²) in [5.74, 6) is -0.251. The monoisotopic (exact) mass is 320 g/mol. The molecule has 2 aromatic rings. The van der Waals surface area contributed by atoms with Gasteiger partial charge in [-0.1, -0.05) is 24.3 Å². The zero-order valence-electron chi connectivity index (χ0n) is 12.1. The molecule has 23 heavy (non-hydrogen) atoms. The molecule has 1 aliphatic carbocycles. The third kappa shape index (κ3) is 2.37. The molecule has 4 heteroatoms. The second-order valence-electron chi connectivity index (χ2n) is 5.45. The molecule has 0 saturated carbocycles. The molecule has 1 aliphatic heterocycles. The molecule has 2 aliphatic rings. The Labute approximate surface area is 136 Å². The highest BCUT2D eigenvalue weighted by Gasteiger charge is 2.15. The van der Waals surface area contributed by atoms with E-state index in [4.69, 9.17) is 11.1 Å². The Morgan fingerprint density at radius 1 is 0.913 bits per heavy atom. The van der Waals surface area contributed by atoms with Gasteiger partial charge in [-0.05, 0) is 47.5 Å². The molecule has 0 bridgehead atoms. The lowest BCUT2D eigenvalue weighted by molar-refractivity contribution is 0.628. The van der Waals surface area contributed by atoms with E-state index in [2.05, 4.69) is 0 Å². The topological polar surface area (TPSA) is 49.9 Å². The second-order valence-corrected chi connectivity index (χ2v) is 6.53. The Balaban J connectivity index is 2.17. The molecule has 3 N–H and O–H groups in total. The van der Waals surface area contributed by atoms with Gasteiger partial charge in [0.05, 0.1) is 5.36 Å². The van der Waals surface area contributed by atoms with Crippen molar-refractivity contribution in [1.82, 2.24) is 0 Å². The van der Waals surface area contributed by atoms with Gasteiger partial charge in [-0.2, -0.15) is 0 Å². The summed E-state index contributed by atoms with van der Waals surface area (Å²) < 4.78 is 14.4. The van der Waals surface area contributed by atoms with Crippen molar-refractivity contribution in [3.8, 4) is 21.6 Å². The van der Waals surface area contributed by atoms with E-state index in [0.717, 1.165) is 31.7 Å². The second kappa shape index (κ2) is 5.18. The van der Waals surface area contributed by atoms with E-state index < -0.39 is 0 Å². The van der Waals surface area contributed by atoms with Gasteiger partial charge in [0.15, 0.2) is 0 Å². The first-order valence-electron chi connectivity index (χ1n) is 7.18. The highest BCUT2D eigenvalue weighted by Crippen LogP contribution is 2.43. The summed E-state index contributed by atoms with van der Waals surface area (Å²) in [6, 6.07) is 18.0. The largest absolute Gasteiger partial charge is 0.399 e. The lowest BCUT2D eigenvalue weighted by Crippen LogP contribution is -1.99. The zero-order valence-corrected chi connectivity index (χ0v) is 13.0. The molecule has 0 atom stereocenters. The van der Waals surface area contributed by atoms with Gasteiger partial charge < -0.3 is 11.1 Å². The number of nitrogen functional groups attached to an aromatic ring is 1. The van der Waals surface area contributed by atoms with E-state index in [-0.39, 0.29) is 5.82 Å². The molecule has 2 aromatic carbocycles. The Kier molecular flexibility index (Phi) is 3.13. The van der Waals surface area contributed by atoms with Crippen LogP contribution < -0.4 is 11.1 Å². The van der Waals surface area contributed by atoms with Crippen LogP contribution in [-0.2, 0) is 0 Å². The summed E-state index contributed by atoms with van der Waals surface area (Å²) in [6.45, 7) is 0. The molecule has 0 aromatic heterocycles. The van der Waals surface area contributed by atoms with Crippen LogP contribution in [0.4, 0.5) is 10.1 Å². The summed E-state index contributed by atoms with van der Waals surface area (Å²) >= 11 is 1.62. The molecule has 0 spiro atoms. The Hall–Kier alpha value is -2.72. The van der Waals surface area contributed by atoms with Gasteiger partial charge in [-0.15, -0.1) is 11.3 Å². The number of halogens is 1. The molecule has 0 unspecified atom stereocenters. The van der Waals surface area contributed by atoms with Crippen LogP contribution in [0.15, 0.2) is 60.7 Å². The number of nitrogens with two attached hydrogens (primary N) is 1. The first-order chi connectivity index (χ1) is 11.1. The maximum absolute atomic E-state index is 13.3. The average Bonchev–Trinajstić information content (AvgIpc) is 2.53. The molecular weight excluding hydrogens is 307 g/mol. The van der Waals surface area contributed by atoms with E-state index >= 15 is 0 Å². The van der Waals surface area contributed by atoms with Crippen molar-refractivity contribution in [2.24, 2.45) is 0 Å². The summed E-state index contributed by atoms with van der Waals surface area (Å²) in [6.07, 6.45) is 0. The first kappa shape index (κ1) is 13.9. The summed E-state index contributed by atoms with van der Waals surface area (Å²) in [7, 11) is 0. The van der Waals surface area contributed by atoms with Crippen LogP contribution in [0.3, 0.4) is 0 Å². The predicted molar refractivity (Wildman–Crippen MR) is 94.1 cm³/mol. The maximum Gasteiger partial charge on any atom is 0.123 e. The number of hydrogen-bond donors (Lipinski definition) is 2. The minimum absolute atomic E-state index is 0.251. The van der Waals surface area contributed by atoms with Gasteiger partial charge in [-0.25, -0.2) is 4.39 Å². The fourth-order valence-corrected chi connectivity index (χ4v) is 4.01. The van der Waals surface area contributed by atoms with E-state index in [1.807, 2.05) is 30.3 Å². The van der Waals surface area contributed by atoms with Crippen molar-refractivity contribution in [2.75, 3.05) is 5.73 Å². The fraction of sp³-hybridized carbons (Fsp3) is 0. The van der Waals surface area contributed by atoms with E-state index in [1.54, 1.807) is 29.5 Å². The maximum atomic E-state index is 13.3. The lowest BCUT2D eigenvalue weighted by Gasteiger charge is -2.15. The van der Waals surface area contributed by atoms with Crippen molar-refractivity contribution < 1.29 is 4.39 Å². The first-order valence-corrected chi connectivity index (χ1v) is 8.00. The van der Waals surface area contributed by atoms with Crippen molar-refractivity contribution >= 4 is 27.1 Å². The molecule has 1 heterocycles. The molecule has 4 rings (SSSR count). The molecule has 0 amide bonds. The summed E-state index contributed by atoms with van der Waals surface area (Å²) in [5.41, 5.74) is 9.70. The Morgan fingerprint density at radius 3 is 2.48 bits per heavy atom. The fourth-order valence-electron chi connectivity index (χ4n) is 2.83. The Morgan fingerprint density at radius 2 is 1.70 bits per heavy atom. The van der Waals surface area contributed by atoms with Crippen molar-refractivity contribution in [2.45, 2.75) is 0 Å². The van der Waals surface area contributed by atoms with Crippen molar-refractivity contribution in [1.29, 1.82) is 5.41 Å². The third-order valence-electron chi connectivity index (χ3n) is 3.88. The number of benzene rings is 3.